The van der Waals surface area contributed by atoms with Gasteiger partial charge in [-0.15, -0.1) is 0 Å². The van der Waals surface area contributed by atoms with Crippen molar-refractivity contribution in [3.8, 4) is 0 Å². The Morgan fingerprint density at radius 2 is 0.893 bits per heavy atom. The van der Waals surface area contributed by atoms with E-state index in [0.717, 1.165) is 46.3 Å². The van der Waals surface area contributed by atoms with Gasteiger partial charge in [-0.1, -0.05) is 115 Å². The van der Waals surface area contributed by atoms with Crippen LogP contribution < -0.4 is 0 Å². The zero-order valence-corrected chi connectivity index (χ0v) is 41.1. The van der Waals surface area contributed by atoms with Gasteiger partial charge in [0.25, 0.3) is 0 Å². The minimum atomic E-state index is -1.96. The molecule has 2 heterocycles. The first-order valence-electron chi connectivity index (χ1n) is 21.2. The van der Waals surface area contributed by atoms with Crippen molar-refractivity contribution in [2.75, 3.05) is 0 Å². The average Bonchev–Trinajstić information content (AvgIpc) is 3.96. The van der Waals surface area contributed by atoms with Gasteiger partial charge in [0.1, 0.15) is 23.0 Å². The van der Waals surface area contributed by atoms with Crippen LogP contribution in [0.5, 0.6) is 0 Å². The van der Waals surface area contributed by atoms with Gasteiger partial charge < -0.3 is 23.7 Å². The monoisotopic (exact) mass is 890 g/mol. The third-order valence-electron chi connectivity index (χ3n) is 15.1. The SMILES string of the molecule is Cc1ccc(C2CC3C(c4ccc(C(C)C)cc4)CCCC3C2[Si](C)(C)C2C(c3ccc(C)o3)CC3C(c4ccc(C(C)C)cc4)CCCC32)o1.[CH3-].[CH3-].[Cl][Zr+2][Cl]. The molecule has 0 bridgehead atoms. The van der Waals surface area contributed by atoms with Gasteiger partial charge >= 0.3 is 37.9 Å². The molecule has 4 saturated carbocycles. The molecule has 0 amide bonds. The molecule has 2 aromatic heterocycles. The minimum absolute atomic E-state index is 0. The molecule has 4 aliphatic carbocycles. The molecule has 0 saturated heterocycles. The van der Waals surface area contributed by atoms with Crippen LogP contribution in [-0.4, -0.2) is 8.07 Å². The predicted molar refractivity (Wildman–Crippen MR) is 239 cm³/mol. The van der Waals surface area contributed by atoms with E-state index >= 15 is 0 Å². The summed E-state index contributed by atoms with van der Waals surface area (Å²) in [4.78, 5) is 0. The van der Waals surface area contributed by atoms with Crippen LogP contribution in [0.15, 0.2) is 81.6 Å². The van der Waals surface area contributed by atoms with Crippen molar-refractivity contribution in [1.29, 1.82) is 0 Å². The second kappa shape index (κ2) is 19.4. The van der Waals surface area contributed by atoms with Gasteiger partial charge in [0.2, 0.25) is 0 Å². The average molecular weight is 893 g/mol. The van der Waals surface area contributed by atoms with Crippen molar-refractivity contribution in [1.82, 2.24) is 0 Å². The normalized spacial score (nSPS) is 29.7. The summed E-state index contributed by atoms with van der Waals surface area (Å²) >= 11 is -0.826. The van der Waals surface area contributed by atoms with Crippen LogP contribution in [0.25, 0.3) is 0 Å². The summed E-state index contributed by atoms with van der Waals surface area (Å²) < 4.78 is 13.3. The van der Waals surface area contributed by atoms with Crippen LogP contribution in [0.1, 0.15) is 160 Å². The van der Waals surface area contributed by atoms with Crippen LogP contribution in [0.2, 0.25) is 24.2 Å². The number of furan rings is 2. The van der Waals surface area contributed by atoms with Crippen molar-refractivity contribution in [3.05, 3.63) is 133 Å². The van der Waals surface area contributed by atoms with Crippen molar-refractivity contribution >= 4 is 25.1 Å². The number of halogens is 2. The molecule has 304 valence electrons. The van der Waals surface area contributed by atoms with E-state index in [4.69, 9.17) is 25.9 Å². The van der Waals surface area contributed by atoms with E-state index < -0.39 is 28.9 Å². The molecular formula is C50H70Cl2O2SiZr. The quantitative estimate of drug-likeness (QED) is 0.130. The molecule has 4 aliphatic rings. The van der Waals surface area contributed by atoms with Gasteiger partial charge in [0.15, 0.2) is 0 Å². The molecule has 2 aromatic carbocycles. The first-order valence-corrected chi connectivity index (χ1v) is 30.7. The van der Waals surface area contributed by atoms with Gasteiger partial charge in [-0.2, -0.15) is 0 Å². The number of rotatable bonds is 8. The summed E-state index contributed by atoms with van der Waals surface area (Å²) in [5, 5.41) is 0. The summed E-state index contributed by atoms with van der Waals surface area (Å²) in [5.74, 6) is 11.2. The van der Waals surface area contributed by atoms with Crippen LogP contribution in [0.3, 0.4) is 0 Å². The van der Waals surface area contributed by atoms with E-state index in [1.165, 1.54) is 74.0 Å². The van der Waals surface area contributed by atoms with Gasteiger partial charge in [-0.3, -0.25) is 0 Å². The standard InChI is InChI=1S/C48H64O2Si.2CH3.2ClH.Zr/c1-29(2)33-17-21-35(22-18-33)37-11-9-13-39-41(37)27-43(45-25-15-31(5)49-45)47(39)51(7,8)48-40-14-10-12-38(36-23-19-34(20-24-36)30(3)4)42(40)28-44(48)46-26-16-32(6)50-46;;;;;/h15-26,29-30,37-44,47-48H,9-14,27-28H2,1-8H3;2*1H3;2*1H;/q;2*-1;;;+4/p-2. The summed E-state index contributed by atoms with van der Waals surface area (Å²) in [6.45, 7) is 19.3. The summed E-state index contributed by atoms with van der Waals surface area (Å²) in [6, 6.07) is 28.9. The van der Waals surface area contributed by atoms with Crippen LogP contribution in [-0.2, 0) is 20.8 Å². The molecule has 10 unspecified atom stereocenters. The topological polar surface area (TPSA) is 26.3 Å². The Bertz CT molecular complexity index is 1680. The van der Waals surface area contributed by atoms with Gasteiger partial charge in [-0.25, -0.2) is 0 Å². The Hall–Kier alpha value is -1.32. The molecule has 0 aliphatic heterocycles. The van der Waals surface area contributed by atoms with E-state index in [2.05, 4.69) is 127 Å². The van der Waals surface area contributed by atoms with E-state index in [1.807, 2.05) is 0 Å². The Kier molecular flexibility index (Phi) is 15.8. The predicted octanol–water partition coefficient (Wildman–Crippen LogP) is 16.5. The van der Waals surface area contributed by atoms with E-state index in [0.29, 0.717) is 35.5 Å². The van der Waals surface area contributed by atoms with Gasteiger partial charge in [-0.05, 0) is 144 Å². The van der Waals surface area contributed by atoms with Gasteiger partial charge in [0, 0.05) is 11.8 Å². The third kappa shape index (κ3) is 9.05. The molecule has 2 nitrogen and oxygen atoms in total. The maximum atomic E-state index is 6.67. The first-order chi connectivity index (χ1) is 25.9. The van der Waals surface area contributed by atoms with Crippen molar-refractivity contribution in [2.45, 2.75) is 153 Å². The molecule has 6 heteroatoms. The van der Waals surface area contributed by atoms with Crippen LogP contribution in [0, 0.1) is 52.4 Å². The third-order valence-corrected chi connectivity index (χ3v) is 20.2. The Morgan fingerprint density at radius 1 is 0.536 bits per heavy atom. The fourth-order valence-corrected chi connectivity index (χ4v) is 19.1. The number of fused-ring (bicyclic) bond motifs is 2. The zero-order valence-electron chi connectivity index (χ0n) is 36.1. The molecule has 0 radical (unpaired) electrons. The van der Waals surface area contributed by atoms with Crippen molar-refractivity contribution in [2.24, 2.45) is 23.7 Å². The van der Waals surface area contributed by atoms with E-state index in [9.17, 15) is 0 Å². The molecule has 4 fully saturated rings. The number of aryl methyl sites for hydroxylation is 2. The second-order valence-corrected chi connectivity index (χ2v) is 27.6. The van der Waals surface area contributed by atoms with Crippen molar-refractivity contribution < 1.29 is 29.7 Å². The second-order valence-electron chi connectivity index (χ2n) is 18.9. The van der Waals surface area contributed by atoms with Crippen LogP contribution >= 0.6 is 17.0 Å². The Morgan fingerprint density at radius 3 is 1.20 bits per heavy atom. The molecule has 4 aromatic rings. The number of hydrogen-bond acceptors (Lipinski definition) is 2. The molecule has 56 heavy (non-hydrogen) atoms. The fraction of sp³-hybridized carbons (Fsp3) is 0.560. The Labute approximate surface area is 361 Å². The first kappa shape index (κ1) is 45.8. The summed E-state index contributed by atoms with van der Waals surface area (Å²) in [5.41, 5.74) is 7.55. The zero-order chi connectivity index (χ0) is 38.3. The number of benzene rings is 2. The Balaban J connectivity index is 0.00000116. The molecule has 0 N–H and O–H groups in total. The molecular weight excluding hydrogens is 823 g/mol. The van der Waals surface area contributed by atoms with E-state index in [-0.39, 0.29) is 14.9 Å². The molecule has 8 rings (SSSR count). The summed E-state index contributed by atoms with van der Waals surface area (Å²) in [7, 11) is 7.91. The molecule has 0 spiro atoms. The molecule has 10 atom stereocenters. The fourth-order valence-electron chi connectivity index (χ4n) is 13.0. The summed E-state index contributed by atoms with van der Waals surface area (Å²) in [6.07, 6.45) is 10.7. The van der Waals surface area contributed by atoms with Crippen molar-refractivity contribution in [3.63, 3.8) is 0 Å². The van der Waals surface area contributed by atoms with Crippen LogP contribution in [0.4, 0.5) is 0 Å². The van der Waals surface area contributed by atoms with Gasteiger partial charge in [0.05, 0.1) is 8.07 Å². The van der Waals surface area contributed by atoms with E-state index in [1.54, 1.807) is 11.1 Å². The maximum absolute atomic E-state index is 6.67. The number of hydrogen-bond donors (Lipinski definition) is 0.